The fourth-order valence-electron chi connectivity index (χ4n) is 2.93. The lowest BCUT2D eigenvalue weighted by Gasteiger charge is -2.45. The van der Waals surface area contributed by atoms with Crippen molar-refractivity contribution in [1.82, 2.24) is 0 Å². The molecule has 47 heavy (non-hydrogen) atoms. The molecule has 282 valence electrons. The van der Waals surface area contributed by atoms with Gasteiger partial charge in [-0.15, -0.1) is 0 Å². The fourth-order valence-corrected chi connectivity index (χ4v) is 2.93. The molecule has 1 saturated heterocycles. The van der Waals surface area contributed by atoms with Crippen molar-refractivity contribution in [2.75, 3.05) is 33.0 Å². The van der Waals surface area contributed by atoms with Gasteiger partial charge in [0.25, 0.3) is 0 Å². The molecule has 28 heteroatoms. The Morgan fingerprint density at radius 1 is 0.553 bits per heavy atom. The summed E-state index contributed by atoms with van der Waals surface area (Å²) in [6.45, 7) is -6.52. The minimum absolute atomic E-state index is 0.0450. The van der Waals surface area contributed by atoms with Crippen LogP contribution >= 0.6 is 0 Å². The molecular formula is C19H14F24O4. The third-order valence-electron chi connectivity index (χ3n) is 6.02. The summed E-state index contributed by atoms with van der Waals surface area (Å²) in [5, 5.41) is 8.90. The van der Waals surface area contributed by atoms with Crippen LogP contribution in [0.2, 0.25) is 0 Å². The first-order valence-corrected chi connectivity index (χ1v) is 11.3. The summed E-state index contributed by atoms with van der Waals surface area (Å²) >= 11 is 0. The van der Waals surface area contributed by atoms with Gasteiger partial charge in [0.1, 0.15) is 18.8 Å². The molecule has 4 nitrogen and oxygen atoms in total. The Kier molecular flexibility index (Phi) is 11.5. The molecule has 1 N–H and O–H groups in total. The van der Waals surface area contributed by atoms with Crippen LogP contribution in [0.5, 0.6) is 0 Å². The van der Waals surface area contributed by atoms with Crippen LogP contribution in [0.25, 0.3) is 0 Å². The maximum Gasteiger partial charge on any atom is 0.385 e. The number of hydrogen-bond donors (Lipinski definition) is 1. The van der Waals surface area contributed by atoms with Gasteiger partial charge in [0.05, 0.1) is 26.4 Å². The van der Waals surface area contributed by atoms with Gasteiger partial charge in [0, 0.05) is 0 Å². The lowest BCUT2D eigenvalue weighted by molar-refractivity contribution is -0.476. The van der Waals surface area contributed by atoms with Crippen molar-refractivity contribution in [2.45, 2.75) is 83.8 Å². The summed E-state index contributed by atoms with van der Waals surface area (Å²) in [4.78, 5) is 0. The van der Waals surface area contributed by atoms with E-state index in [4.69, 9.17) is 5.11 Å². The monoisotopic (exact) mass is 762 g/mol. The van der Waals surface area contributed by atoms with Crippen LogP contribution < -0.4 is 0 Å². The molecule has 0 spiro atoms. The molecule has 0 aromatic heterocycles. The lowest BCUT2D eigenvalue weighted by Crippen LogP contribution is -2.78. The third kappa shape index (κ3) is 6.35. The van der Waals surface area contributed by atoms with Crippen LogP contribution in [-0.2, 0) is 14.2 Å². The van der Waals surface area contributed by atoms with Crippen molar-refractivity contribution in [2.24, 2.45) is 0 Å². The molecule has 0 radical (unpaired) electrons. The standard InChI is InChI=1S/C19H14F24O4/c20-8(21)10(24,25)12(28,29)14(32,33)16(36,37)18(40,41)19(42,43)17(38,39)15(34,35)13(30,31)11(26,27)9(22,23)5-45-2-6(1-44)46-3-7-4-47-7/h6-8,44H,1-5H2. The SMILES string of the molecule is OCC(COCC(F)(F)C(F)(F)C(F)(F)C(F)(F)C(F)(F)C(F)(F)C(F)(F)C(F)(F)C(F)(F)C(F)(F)C(F)(F)C(F)F)OCC1CO1. The lowest BCUT2D eigenvalue weighted by atomic mass is 9.84. The molecule has 1 rings (SSSR count). The van der Waals surface area contributed by atoms with Crippen molar-refractivity contribution in [3.8, 4) is 0 Å². The normalized spacial score (nSPS) is 19.4. The summed E-state index contributed by atoms with van der Waals surface area (Å²) in [6.07, 6.45) is -8.74. The number of aliphatic hydroxyl groups excluding tert-OH is 1. The molecule has 0 bridgehead atoms. The van der Waals surface area contributed by atoms with Crippen LogP contribution in [0.1, 0.15) is 0 Å². The number of alkyl halides is 24. The Labute approximate surface area is 242 Å². The molecule has 0 aromatic rings. The van der Waals surface area contributed by atoms with Crippen LogP contribution in [0.4, 0.5) is 105 Å². The van der Waals surface area contributed by atoms with Gasteiger partial charge in [0.15, 0.2) is 0 Å². The van der Waals surface area contributed by atoms with Crippen molar-refractivity contribution >= 4 is 0 Å². The van der Waals surface area contributed by atoms with Crippen LogP contribution in [0, 0.1) is 0 Å². The van der Waals surface area contributed by atoms with Crippen molar-refractivity contribution in [3.05, 3.63) is 0 Å². The fraction of sp³-hybridized carbons (Fsp3) is 1.00. The van der Waals surface area contributed by atoms with Gasteiger partial charge in [-0.3, -0.25) is 0 Å². The topological polar surface area (TPSA) is 51.2 Å². The molecule has 2 unspecified atom stereocenters. The smallest absolute Gasteiger partial charge is 0.385 e. The summed E-state index contributed by atoms with van der Waals surface area (Å²) in [5.74, 6) is -96.9. The minimum atomic E-state index is -9.52. The number of ether oxygens (including phenoxy) is 3. The second kappa shape index (κ2) is 12.5. The van der Waals surface area contributed by atoms with E-state index in [1.54, 1.807) is 0 Å². The molecule has 0 aromatic carbocycles. The van der Waals surface area contributed by atoms with E-state index in [-0.39, 0.29) is 6.61 Å². The van der Waals surface area contributed by atoms with Crippen molar-refractivity contribution in [1.29, 1.82) is 0 Å². The van der Waals surface area contributed by atoms with E-state index in [2.05, 4.69) is 14.2 Å². The number of rotatable bonds is 19. The van der Waals surface area contributed by atoms with Gasteiger partial charge in [0.2, 0.25) is 0 Å². The number of hydrogen-bond acceptors (Lipinski definition) is 4. The number of halogens is 24. The Hall–Kier alpha value is -1.84. The predicted molar refractivity (Wildman–Crippen MR) is 97.8 cm³/mol. The maximum absolute atomic E-state index is 13.9. The van der Waals surface area contributed by atoms with E-state index in [1.165, 1.54) is 0 Å². The van der Waals surface area contributed by atoms with E-state index in [0.717, 1.165) is 0 Å². The highest BCUT2D eigenvalue weighted by Crippen LogP contribution is 2.67. The molecule has 1 aliphatic rings. The minimum Gasteiger partial charge on any atom is -0.394 e. The zero-order valence-corrected chi connectivity index (χ0v) is 21.5. The molecule has 0 saturated carbocycles. The third-order valence-corrected chi connectivity index (χ3v) is 6.02. The van der Waals surface area contributed by atoms with Gasteiger partial charge in [-0.25, -0.2) is 8.78 Å². The second-order valence-corrected chi connectivity index (χ2v) is 9.41. The quantitative estimate of drug-likeness (QED) is 0.114. The summed E-state index contributed by atoms with van der Waals surface area (Å²) in [7, 11) is 0. The largest absolute Gasteiger partial charge is 0.394 e. The molecule has 0 aliphatic carbocycles. The molecule has 1 aliphatic heterocycles. The Morgan fingerprint density at radius 2 is 0.872 bits per heavy atom. The van der Waals surface area contributed by atoms with Gasteiger partial charge < -0.3 is 19.3 Å². The average Bonchev–Trinajstić information content (AvgIpc) is 3.73. The first-order valence-electron chi connectivity index (χ1n) is 11.3. The van der Waals surface area contributed by atoms with Gasteiger partial charge >= 0.3 is 71.6 Å². The van der Waals surface area contributed by atoms with E-state index in [1.807, 2.05) is 0 Å². The van der Waals surface area contributed by atoms with Gasteiger partial charge in [-0.1, -0.05) is 0 Å². The van der Waals surface area contributed by atoms with E-state index < -0.39 is 110 Å². The first-order chi connectivity index (χ1) is 20.5. The number of aliphatic hydroxyl groups is 1. The Morgan fingerprint density at radius 3 is 1.17 bits per heavy atom. The maximum atomic E-state index is 13.9. The van der Waals surface area contributed by atoms with Crippen LogP contribution in [0.15, 0.2) is 0 Å². The zero-order valence-electron chi connectivity index (χ0n) is 21.5. The van der Waals surface area contributed by atoms with Gasteiger partial charge in [-0.2, -0.15) is 96.6 Å². The van der Waals surface area contributed by atoms with E-state index >= 15 is 0 Å². The van der Waals surface area contributed by atoms with Crippen LogP contribution in [-0.4, -0.2) is 122 Å². The van der Waals surface area contributed by atoms with E-state index in [9.17, 15) is 105 Å². The van der Waals surface area contributed by atoms with E-state index in [0.29, 0.717) is 0 Å². The molecule has 0 amide bonds. The molecule has 2 atom stereocenters. The van der Waals surface area contributed by atoms with Crippen LogP contribution in [0.3, 0.4) is 0 Å². The highest BCUT2D eigenvalue weighted by Gasteiger charge is 2.98. The molecule has 1 fully saturated rings. The summed E-state index contributed by atoms with van der Waals surface area (Å²) in [6, 6.07) is 0. The summed E-state index contributed by atoms with van der Waals surface area (Å²) in [5.41, 5.74) is 0. The van der Waals surface area contributed by atoms with Crippen molar-refractivity contribution < 1.29 is 125 Å². The van der Waals surface area contributed by atoms with Crippen molar-refractivity contribution in [3.63, 3.8) is 0 Å². The zero-order chi connectivity index (χ0) is 37.9. The molecule has 1 heterocycles. The Bertz CT molecular complexity index is 1070. The predicted octanol–water partition coefficient (Wildman–Crippen LogP) is 7.03. The summed E-state index contributed by atoms with van der Waals surface area (Å²) < 4.78 is 337. The highest BCUT2D eigenvalue weighted by atomic mass is 19.4. The highest BCUT2D eigenvalue weighted by molar-refractivity contribution is 5.19. The first kappa shape index (κ1) is 43.2. The number of epoxide rings is 1. The Balaban J connectivity index is 3.54. The van der Waals surface area contributed by atoms with Gasteiger partial charge in [-0.05, 0) is 0 Å². The second-order valence-electron chi connectivity index (χ2n) is 9.41. The average molecular weight is 762 g/mol. The molecular weight excluding hydrogens is 748 g/mol.